The molecule has 5 aromatic rings. The summed E-state index contributed by atoms with van der Waals surface area (Å²) in [5, 5.41) is 14.5. The maximum atomic E-state index is 6.31. The summed E-state index contributed by atoms with van der Waals surface area (Å²) in [7, 11) is 0. The van der Waals surface area contributed by atoms with E-state index in [0.29, 0.717) is 22.9 Å². The van der Waals surface area contributed by atoms with Crippen LogP contribution in [0.2, 0.25) is 10.0 Å². The van der Waals surface area contributed by atoms with Crippen molar-refractivity contribution in [2.75, 3.05) is 5.32 Å². The fourth-order valence-electron chi connectivity index (χ4n) is 3.34. The maximum Gasteiger partial charge on any atom is 0.186 e. The van der Waals surface area contributed by atoms with E-state index in [-0.39, 0.29) is 0 Å². The minimum Gasteiger partial charge on any atom is -0.365 e. The number of benzene rings is 3. The summed E-state index contributed by atoms with van der Waals surface area (Å²) in [6.07, 6.45) is 0. The highest BCUT2D eigenvalue weighted by atomic mass is 35.5. The quantitative estimate of drug-likeness (QED) is 0.396. The molecule has 0 aliphatic rings. The predicted molar refractivity (Wildman–Crippen MR) is 118 cm³/mol. The molecule has 7 heteroatoms. The molecule has 0 amide bonds. The molecule has 3 aromatic carbocycles. The van der Waals surface area contributed by atoms with Crippen LogP contribution in [0.25, 0.3) is 27.8 Å². The smallest absolute Gasteiger partial charge is 0.186 e. The summed E-state index contributed by atoms with van der Waals surface area (Å²) in [4.78, 5) is 4.85. The third-order valence-electron chi connectivity index (χ3n) is 4.75. The zero-order valence-electron chi connectivity index (χ0n) is 15.2. The van der Waals surface area contributed by atoms with E-state index in [1.165, 1.54) is 0 Å². The van der Waals surface area contributed by atoms with Gasteiger partial charge in [-0.1, -0.05) is 70.9 Å². The van der Waals surface area contributed by atoms with Crippen molar-refractivity contribution in [3.05, 3.63) is 88.4 Å². The molecule has 0 radical (unpaired) electrons. The Balaban J connectivity index is 1.66. The Morgan fingerprint density at radius 1 is 0.897 bits per heavy atom. The van der Waals surface area contributed by atoms with Crippen LogP contribution in [0, 0.1) is 0 Å². The van der Waals surface area contributed by atoms with Crippen molar-refractivity contribution < 1.29 is 0 Å². The second-order valence-corrected chi connectivity index (χ2v) is 7.45. The molecule has 0 fully saturated rings. The molecule has 2 heterocycles. The fourth-order valence-corrected chi connectivity index (χ4v) is 3.74. The molecule has 142 valence electrons. The molecule has 0 saturated heterocycles. The van der Waals surface area contributed by atoms with Gasteiger partial charge in [0, 0.05) is 27.5 Å². The monoisotopic (exact) mass is 419 g/mol. The number of hydrogen-bond acceptors (Lipinski definition) is 4. The van der Waals surface area contributed by atoms with E-state index in [1.807, 2.05) is 72.8 Å². The van der Waals surface area contributed by atoms with Gasteiger partial charge >= 0.3 is 0 Å². The summed E-state index contributed by atoms with van der Waals surface area (Å²) in [6, 6.07) is 23.2. The first-order valence-electron chi connectivity index (χ1n) is 9.08. The molecule has 5 nitrogen and oxygen atoms in total. The first kappa shape index (κ1) is 17.9. The summed E-state index contributed by atoms with van der Waals surface area (Å²) in [5.41, 5.74) is 4.13. The molecule has 0 aliphatic carbocycles. The van der Waals surface area contributed by atoms with Crippen molar-refractivity contribution in [3.8, 4) is 11.3 Å². The number of rotatable bonds is 4. The Hall–Kier alpha value is -3.15. The summed E-state index contributed by atoms with van der Waals surface area (Å²) >= 11 is 12.5. The van der Waals surface area contributed by atoms with Gasteiger partial charge in [0.05, 0.1) is 5.52 Å². The lowest BCUT2D eigenvalue weighted by Gasteiger charge is -2.11. The van der Waals surface area contributed by atoms with Crippen molar-refractivity contribution in [3.63, 3.8) is 0 Å². The molecule has 0 unspecified atom stereocenters. The van der Waals surface area contributed by atoms with Crippen LogP contribution >= 0.6 is 23.2 Å². The normalized spacial score (nSPS) is 11.2. The standard InChI is InChI=1S/C22H15Cl2N5/c23-16-8-5-7-14(12-16)20-22-26-21(25-13-15-6-1-3-10-18(15)24)17-9-2-4-11-19(17)29(22)28-27-20/h1-12H,13H2,(H,25,26). The average Bonchev–Trinajstić information content (AvgIpc) is 3.17. The number of nitrogens with zero attached hydrogens (tertiary/aromatic N) is 4. The molecule has 0 aliphatic heterocycles. The molecule has 0 saturated carbocycles. The van der Waals surface area contributed by atoms with Gasteiger partial charge in [-0.3, -0.25) is 0 Å². The van der Waals surface area contributed by atoms with Gasteiger partial charge in [0.15, 0.2) is 5.65 Å². The zero-order chi connectivity index (χ0) is 19.8. The van der Waals surface area contributed by atoms with Crippen LogP contribution < -0.4 is 5.32 Å². The van der Waals surface area contributed by atoms with Crippen molar-refractivity contribution in [1.29, 1.82) is 0 Å². The van der Waals surface area contributed by atoms with Gasteiger partial charge in [-0.2, -0.15) is 4.52 Å². The van der Waals surface area contributed by atoms with Gasteiger partial charge in [-0.25, -0.2) is 4.98 Å². The molecule has 1 N–H and O–H groups in total. The third kappa shape index (κ3) is 3.28. The Labute approximate surface area is 176 Å². The van der Waals surface area contributed by atoms with E-state index >= 15 is 0 Å². The fraction of sp³-hybridized carbons (Fsp3) is 0.0455. The van der Waals surface area contributed by atoms with E-state index in [9.17, 15) is 0 Å². The van der Waals surface area contributed by atoms with Gasteiger partial charge in [0.25, 0.3) is 0 Å². The van der Waals surface area contributed by atoms with Crippen molar-refractivity contribution in [2.24, 2.45) is 0 Å². The second kappa shape index (κ2) is 7.35. The highest BCUT2D eigenvalue weighted by Gasteiger charge is 2.16. The second-order valence-electron chi connectivity index (χ2n) is 6.61. The van der Waals surface area contributed by atoms with E-state index in [1.54, 1.807) is 4.52 Å². The first-order valence-corrected chi connectivity index (χ1v) is 9.84. The highest BCUT2D eigenvalue weighted by Crippen LogP contribution is 2.29. The van der Waals surface area contributed by atoms with Crippen LogP contribution in [0.5, 0.6) is 0 Å². The van der Waals surface area contributed by atoms with Crippen molar-refractivity contribution in [1.82, 2.24) is 19.8 Å². The molecular formula is C22H15Cl2N5. The Morgan fingerprint density at radius 2 is 1.72 bits per heavy atom. The highest BCUT2D eigenvalue weighted by molar-refractivity contribution is 6.31. The van der Waals surface area contributed by atoms with Crippen LogP contribution in [-0.2, 0) is 6.54 Å². The molecular weight excluding hydrogens is 405 g/mol. The van der Waals surface area contributed by atoms with Crippen LogP contribution in [0.15, 0.2) is 72.8 Å². The number of para-hydroxylation sites is 1. The molecule has 0 spiro atoms. The Kier molecular flexibility index (Phi) is 4.54. The van der Waals surface area contributed by atoms with Crippen LogP contribution in [-0.4, -0.2) is 19.8 Å². The van der Waals surface area contributed by atoms with Gasteiger partial charge in [0.1, 0.15) is 11.5 Å². The minimum atomic E-state index is 0.556. The zero-order valence-corrected chi connectivity index (χ0v) is 16.7. The summed E-state index contributed by atoms with van der Waals surface area (Å²) < 4.78 is 1.76. The van der Waals surface area contributed by atoms with Crippen LogP contribution in [0.1, 0.15) is 5.56 Å². The van der Waals surface area contributed by atoms with Crippen molar-refractivity contribution >= 4 is 45.6 Å². The third-order valence-corrected chi connectivity index (χ3v) is 5.36. The van der Waals surface area contributed by atoms with Gasteiger partial charge in [-0.15, -0.1) is 5.10 Å². The average molecular weight is 420 g/mol. The maximum absolute atomic E-state index is 6.31. The van der Waals surface area contributed by atoms with E-state index < -0.39 is 0 Å². The van der Waals surface area contributed by atoms with Crippen LogP contribution in [0.4, 0.5) is 5.82 Å². The Morgan fingerprint density at radius 3 is 2.59 bits per heavy atom. The topological polar surface area (TPSA) is 55.1 Å². The molecule has 0 atom stereocenters. The lowest BCUT2D eigenvalue weighted by Crippen LogP contribution is -2.05. The molecule has 5 rings (SSSR count). The largest absolute Gasteiger partial charge is 0.365 e. The van der Waals surface area contributed by atoms with E-state index in [4.69, 9.17) is 28.2 Å². The lowest BCUT2D eigenvalue weighted by molar-refractivity contribution is 0.876. The van der Waals surface area contributed by atoms with Gasteiger partial charge in [0.2, 0.25) is 0 Å². The SMILES string of the molecule is Clc1cccc(-c2nnn3c2nc(NCc2ccccc2Cl)c2ccccc23)c1. The Bertz CT molecular complexity index is 1350. The number of fused-ring (bicyclic) bond motifs is 3. The van der Waals surface area contributed by atoms with Gasteiger partial charge in [-0.05, 0) is 35.9 Å². The number of halogens is 2. The summed E-state index contributed by atoms with van der Waals surface area (Å²) in [6.45, 7) is 0.556. The molecule has 29 heavy (non-hydrogen) atoms. The number of nitrogens with one attached hydrogen (secondary N) is 1. The number of aromatic nitrogens is 4. The van der Waals surface area contributed by atoms with E-state index in [0.717, 1.165) is 32.9 Å². The number of hydrogen-bond donors (Lipinski definition) is 1. The van der Waals surface area contributed by atoms with Crippen LogP contribution in [0.3, 0.4) is 0 Å². The first-order chi connectivity index (χ1) is 14.2. The van der Waals surface area contributed by atoms with Gasteiger partial charge < -0.3 is 5.32 Å². The summed E-state index contributed by atoms with van der Waals surface area (Å²) in [5.74, 6) is 0.749. The lowest BCUT2D eigenvalue weighted by atomic mass is 10.1. The predicted octanol–water partition coefficient (Wildman–Crippen LogP) is 5.86. The minimum absolute atomic E-state index is 0.556. The van der Waals surface area contributed by atoms with Crippen molar-refractivity contribution in [2.45, 2.75) is 6.54 Å². The van der Waals surface area contributed by atoms with E-state index in [2.05, 4.69) is 15.6 Å². The molecule has 0 bridgehead atoms. The number of anilines is 1. The molecule has 2 aromatic heterocycles.